The molecule has 8 heteroatoms. The number of carbonyl (C=O) groups excluding carboxylic acids is 1. The molecular weight excluding hydrogens is 281 g/mol. The summed E-state index contributed by atoms with van der Waals surface area (Å²) >= 11 is 0. The number of amides is 1. The molecule has 1 saturated heterocycles. The molecule has 0 spiro atoms. The number of nitro benzene ring substituents is 1. The van der Waals surface area contributed by atoms with E-state index in [4.69, 9.17) is 4.74 Å². The summed E-state index contributed by atoms with van der Waals surface area (Å²) in [4.78, 5) is 22.1. The van der Waals surface area contributed by atoms with E-state index in [0.717, 1.165) is 12.1 Å². The molecule has 0 radical (unpaired) electrons. The second kappa shape index (κ2) is 6.59. The molecule has 114 valence electrons. The van der Waals surface area contributed by atoms with Crippen molar-refractivity contribution in [2.75, 3.05) is 26.3 Å². The fraction of sp³-hybridized carbons (Fsp3) is 0.462. The van der Waals surface area contributed by atoms with E-state index in [1.807, 2.05) is 0 Å². The van der Waals surface area contributed by atoms with Crippen LogP contribution in [0.4, 0.5) is 10.1 Å². The van der Waals surface area contributed by atoms with Crippen molar-refractivity contribution in [3.05, 3.63) is 39.2 Å². The molecule has 1 unspecified atom stereocenters. The highest BCUT2D eigenvalue weighted by molar-refractivity contribution is 5.95. The number of halogens is 1. The third-order valence-corrected chi connectivity index (χ3v) is 3.20. The largest absolute Gasteiger partial charge is 0.378 e. The fourth-order valence-corrected chi connectivity index (χ4v) is 2.08. The number of hydrogen-bond donors (Lipinski definition) is 2. The van der Waals surface area contributed by atoms with Gasteiger partial charge in [-0.25, -0.2) is 4.39 Å². The number of morpholine rings is 1. The number of nitro groups is 1. The van der Waals surface area contributed by atoms with Crippen LogP contribution in [0.25, 0.3) is 0 Å². The van der Waals surface area contributed by atoms with Crippen molar-refractivity contribution in [3.63, 3.8) is 0 Å². The molecule has 1 amide bonds. The molecule has 1 heterocycles. The monoisotopic (exact) mass is 297 g/mol. The number of aryl methyl sites for hydroxylation is 1. The lowest BCUT2D eigenvalue weighted by Gasteiger charge is -2.23. The summed E-state index contributed by atoms with van der Waals surface area (Å²) in [7, 11) is 0. The molecule has 1 aromatic rings. The molecule has 1 aromatic carbocycles. The van der Waals surface area contributed by atoms with Crippen LogP contribution in [-0.2, 0) is 4.74 Å². The predicted molar refractivity (Wildman–Crippen MR) is 72.7 cm³/mol. The Labute approximate surface area is 120 Å². The lowest BCUT2D eigenvalue weighted by atomic mass is 10.1. The van der Waals surface area contributed by atoms with Crippen molar-refractivity contribution in [2.45, 2.75) is 13.0 Å². The lowest BCUT2D eigenvalue weighted by molar-refractivity contribution is -0.385. The molecule has 2 N–H and O–H groups in total. The first-order valence-electron chi connectivity index (χ1n) is 6.53. The first kappa shape index (κ1) is 15.3. The Kier molecular flexibility index (Phi) is 4.81. The van der Waals surface area contributed by atoms with Gasteiger partial charge in [-0.15, -0.1) is 0 Å². The highest BCUT2D eigenvalue weighted by Crippen LogP contribution is 2.20. The number of hydrogen-bond acceptors (Lipinski definition) is 5. The standard InChI is InChI=1S/C13H16FN3O4/c1-8-4-10(17(19)20)5-11(12(8)14)13(18)16-6-9-7-21-3-2-15-9/h4-5,9,15H,2-3,6-7H2,1H3,(H,16,18). The van der Waals surface area contributed by atoms with Crippen molar-refractivity contribution in [3.8, 4) is 0 Å². The second-order valence-electron chi connectivity index (χ2n) is 4.82. The molecule has 21 heavy (non-hydrogen) atoms. The molecule has 1 atom stereocenters. The Morgan fingerprint density at radius 3 is 3.00 bits per heavy atom. The highest BCUT2D eigenvalue weighted by Gasteiger charge is 2.21. The Hall–Kier alpha value is -2.06. The number of benzene rings is 1. The zero-order valence-electron chi connectivity index (χ0n) is 11.5. The van der Waals surface area contributed by atoms with Gasteiger partial charge in [-0.05, 0) is 12.5 Å². The molecule has 2 rings (SSSR count). The highest BCUT2D eigenvalue weighted by atomic mass is 19.1. The first-order valence-corrected chi connectivity index (χ1v) is 6.53. The van der Waals surface area contributed by atoms with Gasteiger partial charge in [-0.3, -0.25) is 14.9 Å². The molecular formula is C13H16FN3O4. The zero-order chi connectivity index (χ0) is 15.4. The molecule has 7 nitrogen and oxygen atoms in total. The summed E-state index contributed by atoms with van der Waals surface area (Å²) in [6, 6.07) is 2.00. The van der Waals surface area contributed by atoms with E-state index >= 15 is 0 Å². The van der Waals surface area contributed by atoms with Crippen LogP contribution in [0.2, 0.25) is 0 Å². The maximum Gasteiger partial charge on any atom is 0.270 e. The predicted octanol–water partition coefficient (Wildman–Crippen LogP) is 0.761. The smallest absolute Gasteiger partial charge is 0.270 e. The SMILES string of the molecule is Cc1cc([N+](=O)[O-])cc(C(=O)NCC2COCCN2)c1F. The van der Waals surface area contributed by atoms with Crippen LogP contribution in [0.5, 0.6) is 0 Å². The molecule has 0 saturated carbocycles. The molecule has 1 aliphatic heterocycles. The van der Waals surface area contributed by atoms with Crippen LogP contribution >= 0.6 is 0 Å². The summed E-state index contributed by atoms with van der Waals surface area (Å²) < 4.78 is 19.2. The van der Waals surface area contributed by atoms with Crippen molar-refractivity contribution in [2.24, 2.45) is 0 Å². The van der Waals surface area contributed by atoms with Gasteiger partial charge in [0.2, 0.25) is 0 Å². The summed E-state index contributed by atoms with van der Waals surface area (Å²) in [5.41, 5.74) is -0.565. The van der Waals surface area contributed by atoms with Crippen LogP contribution in [0.1, 0.15) is 15.9 Å². The van der Waals surface area contributed by atoms with Gasteiger partial charge in [0.15, 0.2) is 0 Å². The Morgan fingerprint density at radius 2 is 2.38 bits per heavy atom. The van der Waals surface area contributed by atoms with Gasteiger partial charge >= 0.3 is 0 Å². The number of nitrogens with zero attached hydrogens (tertiary/aromatic N) is 1. The van der Waals surface area contributed by atoms with E-state index in [1.54, 1.807) is 0 Å². The lowest BCUT2D eigenvalue weighted by Crippen LogP contribution is -2.48. The number of carbonyl (C=O) groups is 1. The average Bonchev–Trinajstić information content (AvgIpc) is 2.48. The summed E-state index contributed by atoms with van der Waals surface area (Å²) in [5.74, 6) is -1.42. The van der Waals surface area contributed by atoms with Crippen molar-refractivity contribution >= 4 is 11.6 Å². The Morgan fingerprint density at radius 1 is 1.62 bits per heavy atom. The Bertz CT molecular complexity index is 559. The van der Waals surface area contributed by atoms with E-state index in [-0.39, 0.29) is 29.4 Å². The van der Waals surface area contributed by atoms with Gasteiger partial charge in [-0.2, -0.15) is 0 Å². The zero-order valence-corrected chi connectivity index (χ0v) is 11.5. The van der Waals surface area contributed by atoms with Crippen molar-refractivity contribution in [1.82, 2.24) is 10.6 Å². The summed E-state index contributed by atoms with van der Waals surface area (Å²) in [5, 5.41) is 16.5. The maximum absolute atomic E-state index is 13.9. The number of ether oxygens (including phenoxy) is 1. The third kappa shape index (κ3) is 3.73. The molecule has 1 aliphatic rings. The minimum Gasteiger partial charge on any atom is -0.378 e. The van der Waals surface area contributed by atoms with Gasteiger partial charge < -0.3 is 15.4 Å². The van der Waals surface area contributed by atoms with Gasteiger partial charge in [-0.1, -0.05) is 0 Å². The van der Waals surface area contributed by atoms with E-state index in [2.05, 4.69) is 10.6 Å². The fourth-order valence-electron chi connectivity index (χ4n) is 2.08. The number of rotatable bonds is 4. The molecule has 1 fully saturated rings. The van der Waals surface area contributed by atoms with Crippen LogP contribution in [0.15, 0.2) is 12.1 Å². The van der Waals surface area contributed by atoms with E-state index < -0.39 is 16.6 Å². The minimum atomic E-state index is -0.744. The quantitative estimate of drug-likeness (QED) is 0.632. The molecule has 0 bridgehead atoms. The second-order valence-corrected chi connectivity index (χ2v) is 4.82. The van der Waals surface area contributed by atoms with Gasteiger partial charge in [0, 0.05) is 31.3 Å². The van der Waals surface area contributed by atoms with Crippen LogP contribution in [0, 0.1) is 22.9 Å². The maximum atomic E-state index is 13.9. The minimum absolute atomic E-state index is 0.0504. The van der Waals surface area contributed by atoms with Crippen molar-refractivity contribution < 1.29 is 18.8 Å². The van der Waals surface area contributed by atoms with E-state index in [1.165, 1.54) is 6.92 Å². The van der Waals surface area contributed by atoms with Crippen LogP contribution < -0.4 is 10.6 Å². The van der Waals surface area contributed by atoms with Crippen LogP contribution in [-0.4, -0.2) is 43.2 Å². The average molecular weight is 297 g/mol. The topological polar surface area (TPSA) is 93.5 Å². The van der Waals surface area contributed by atoms with Gasteiger partial charge in [0.05, 0.1) is 23.7 Å². The third-order valence-electron chi connectivity index (χ3n) is 3.20. The van der Waals surface area contributed by atoms with Crippen molar-refractivity contribution in [1.29, 1.82) is 0 Å². The van der Waals surface area contributed by atoms with Gasteiger partial charge in [0.25, 0.3) is 11.6 Å². The summed E-state index contributed by atoms with van der Waals surface area (Å²) in [6.07, 6.45) is 0. The first-order chi connectivity index (χ1) is 9.99. The normalized spacial score (nSPS) is 18.3. The van der Waals surface area contributed by atoms with Gasteiger partial charge in [0.1, 0.15) is 5.82 Å². The molecule has 0 aliphatic carbocycles. The molecule has 0 aromatic heterocycles. The Balaban J connectivity index is 2.09. The number of non-ortho nitro benzene ring substituents is 1. The summed E-state index contributed by atoms with van der Waals surface area (Å²) in [6.45, 7) is 3.40. The van der Waals surface area contributed by atoms with Crippen LogP contribution in [0.3, 0.4) is 0 Å². The van der Waals surface area contributed by atoms with E-state index in [9.17, 15) is 19.3 Å². The van der Waals surface area contributed by atoms with E-state index in [0.29, 0.717) is 19.8 Å². The number of nitrogens with one attached hydrogen (secondary N) is 2.